The molecule has 0 N–H and O–H groups in total. The van der Waals surface area contributed by atoms with E-state index in [1.807, 2.05) is 0 Å². The third-order valence-electron chi connectivity index (χ3n) is 7.66. The molecule has 0 saturated carbocycles. The van der Waals surface area contributed by atoms with Gasteiger partial charge in [-0.2, -0.15) is 5.26 Å². The van der Waals surface area contributed by atoms with Gasteiger partial charge in [-0.1, -0.05) is 53.7 Å². The van der Waals surface area contributed by atoms with Gasteiger partial charge in [0.25, 0.3) is 0 Å². The Kier molecular flexibility index (Phi) is 5.82. The summed E-state index contributed by atoms with van der Waals surface area (Å²) in [5.74, 6) is 0. The molecule has 1 saturated heterocycles. The number of nitriles is 1. The summed E-state index contributed by atoms with van der Waals surface area (Å²) in [4.78, 5) is 0. The first-order valence-electron chi connectivity index (χ1n) is 11.2. The Morgan fingerprint density at radius 3 is 1.87 bits per heavy atom. The van der Waals surface area contributed by atoms with Gasteiger partial charge in [0.05, 0.1) is 11.2 Å². The fourth-order valence-electron chi connectivity index (χ4n) is 5.70. The molecule has 2 heterocycles. The van der Waals surface area contributed by atoms with Crippen molar-refractivity contribution in [3.63, 3.8) is 0 Å². The van der Waals surface area contributed by atoms with E-state index in [1.54, 1.807) is 0 Å². The van der Waals surface area contributed by atoms with Gasteiger partial charge >= 0.3 is 7.12 Å². The molecule has 1 aliphatic rings. The lowest BCUT2D eigenvalue weighted by atomic mass is 9.77. The number of fused-ring (bicyclic) bond motifs is 1. The van der Waals surface area contributed by atoms with Crippen molar-refractivity contribution >= 4 is 31.7 Å². The van der Waals surface area contributed by atoms with E-state index in [-0.39, 0.29) is 0 Å². The zero-order chi connectivity index (χ0) is 22.6. The fraction of sp³-hybridized carbons (Fsp3) is 0.625. The molecule has 1 aromatic carbocycles. The summed E-state index contributed by atoms with van der Waals surface area (Å²) in [5.41, 5.74) is 3.63. The molecule has 0 bridgehead atoms. The Labute approximate surface area is 183 Å². The lowest BCUT2D eigenvalue weighted by Gasteiger charge is -2.45. The van der Waals surface area contributed by atoms with Gasteiger partial charge in [-0.3, -0.25) is 0 Å². The van der Waals surface area contributed by atoms with Gasteiger partial charge in [-0.25, -0.2) is 0 Å². The third-order valence-corrected chi connectivity index (χ3v) is 14.5. The molecule has 0 amide bonds. The summed E-state index contributed by atoms with van der Waals surface area (Å²) >= 11 is 0. The van der Waals surface area contributed by atoms with Crippen LogP contribution in [-0.4, -0.2) is 30.8 Å². The number of rotatable bonds is 5. The minimum atomic E-state index is -2.09. The van der Waals surface area contributed by atoms with Gasteiger partial charge < -0.3 is 13.5 Å². The van der Waals surface area contributed by atoms with Crippen LogP contribution < -0.4 is 5.46 Å². The maximum atomic E-state index is 10.1. The monoisotopic (exact) mass is 424 g/mol. The summed E-state index contributed by atoms with van der Waals surface area (Å²) in [6.45, 7) is 22.3. The second-order valence-corrected chi connectivity index (χ2v) is 16.4. The number of aromatic nitrogens is 1. The first-order chi connectivity index (χ1) is 13.8. The summed E-state index contributed by atoms with van der Waals surface area (Å²) in [6.07, 6.45) is 0. The molecule has 30 heavy (non-hydrogen) atoms. The van der Waals surface area contributed by atoms with Gasteiger partial charge in [0, 0.05) is 5.52 Å². The summed E-state index contributed by atoms with van der Waals surface area (Å²) < 4.78 is 15.2. The normalized spacial score (nSPS) is 18.7. The molecular weight excluding hydrogens is 387 g/mol. The number of nitrogens with zero attached hydrogens (tertiary/aromatic N) is 2. The van der Waals surface area contributed by atoms with Crippen molar-refractivity contribution in [3.8, 4) is 6.07 Å². The van der Waals surface area contributed by atoms with Gasteiger partial charge in [-0.15, -0.1) is 0 Å². The predicted molar refractivity (Wildman–Crippen MR) is 129 cm³/mol. The van der Waals surface area contributed by atoms with Gasteiger partial charge in [0.1, 0.15) is 11.8 Å². The van der Waals surface area contributed by atoms with E-state index >= 15 is 0 Å². The minimum Gasteiger partial charge on any atom is -0.399 e. The Morgan fingerprint density at radius 1 is 0.933 bits per heavy atom. The average molecular weight is 424 g/mol. The molecule has 0 aliphatic carbocycles. The molecular formula is C24H37BN2O2Si. The Morgan fingerprint density at radius 2 is 1.43 bits per heavy atom. The van der Waals surface area contributed by atoms with E-state index < -0.39 is 26.6 Å². The zero-order valence-electron chi connectivity index (χ0n) is 20.3. The highest BCUT2D eigenvalue weighted by atomic mass is 28.3. The first-order valence-corrected chi connectivity index (χ1v) is 13.4. The molecule has 1 aliphatic heterocycles. The molecule has 0 atom stereocenters. The molecule has 162 valence electrons. The number of hydrogen-bond acceptors (Lipinski definition) is 3. The summed E-state index contributed by atoms with van der Waals surface area (Å²) in [5, 5.41) is 11.2. The minimum absolute atomic E-state index is 0.396. The maximum absolute atomic E-state index is 10.1. The van der Waals surface area contributed by atoms with E-state index in [1.165, 1.54) is 0 Å². The first kappa shape index (κ1) is 23.1. The Hall–Kier alpha value is -1.55. The number of benzene rings is 1. The zero-order valence-corrected chi connectivity index (χ0v) is 21.3. The van der Waals surface area contributed by atoms with Crippen molar-refractivity contribution in [2.24, 2.45) is 0 Å². The predicted octanol–water partition coefficient (Wildman–Crippen LogP) is 5.84. The van der Waals surface area contributed by atoms with Crippen molar-refractivity contribution < 1.29 is 9.31 Å². The molecule has 6 heteroatoms. The van der Waals surface area contributed by atoms with E-state index in [9.17, 15) is 5.26 Å². The van der Waals surface area contributed by atoms with Crippen LogP contribution in [0, 0.1) is 11.3 Å². The SMILES string of the molecule is CC(C)[Si](C(C)C)(C(C)C)n1c(C#N)cc2c(B3OC(C)(C)C(C)(C)O3)cccc21. The number of hydrogen-bond donors (Lipinski definition) is 0. The highest BCUT2D eigenvalue weighted by Gasteiger charge is 2.53. The summed E-state index contributed by atoms with van der Waals surface area (Å²) in [6, 6.07) is 10.9. The van der Waals surface area contributed by atoms with Crippen LogP contribution in [0.2, 0.25) is 16.6 Å². The largest absolute Gasteiger partial charge is 0.495 e. The standard InChI is InChI=1S/C24H37BN2O2Si/c1-16(2)30(17(3)4,18(5)6)27-19(15-26)14-20-21(12-11-13-22(20)27)25-28-23(7,8)24(9,10)29-25/h11-14,16-18H,1-10H3. The van der Waals surface area contributed by atoms with Gasteiger partial charge in [-0.05, 0) is 67.3 Å². The highest BCUT2D eigenvalue weighted by Crippen LogP contribution is 2.45. The molecule has 0 unspecified atom stereocenters. The third kappa shape index (κ3) is 3.18. The average Bonchev–Trinajstić information content (AvgIpc) is 3.09. The van der Waals surface area contributed by atoms with Crippen LogP contribution in [0.5, 0.6) is 0 Å². The van der Waals surface area contributed by atoms with Crippen molar-refractivity contribution in [3.05, 3.63) is 30.0 Å². The van der Waals surface area contributed by atoms with E-state index in [0.717, 1.165) is 22.1 Å². The smallest absolute Gasteiger partial charge is 0.399 e. The molecule has 4 nitrogen and oxygen atoms in total. The van der Waals surface area contributed by atoms with E-state index in [2.05, 4.69) is 104 Å². The Balaban J connectivity index is 2.30. The van der Waals surface area contributed by atoms with E-state index in [0.29, 0.717) is 16.6 Å². The molecule has 0 radical (unpaired) electrons. The molecule has 2 aromatic rings. The van der Waals surface area contributed by atoms with Crippen molar-refractivity contribution in [1.82, 2.24) is 4.23 Å². The van der Waals surface area contributed by atoms with Crippen LogP contribution in [0.4, 0.5) is 0 Å². The molecule has 0 spiro atoms. The summed E-state index contributed by atoms with van der Waals surface area (Å²) in [7, 11) is -2.52. The molecule has 3 rings (SSSR count). The maximum Gasteiger partial charge on any atom is 0.495 e. The Bertz CT molecular complexity index is 947. The highest BCUT2D eigenvalue weighted by molar-refractivity contribution is 6.83. The van der Waals surface area contributed by atoms with Crippen LogP contribution in [0.25, 0.3) is 10.9 Å². The quantitative estimate of drug-likeness (QED) is 0.567. The van der Waals surface area contributed by atoms with Crippen LogP contribution in [0.1, 0.15) is 74.9 Å². The van der Waals surface area contributed by atoms with Crippen LogP contribution in [0.3, 0.4) is 0 Å². The van der Waals surface area contributed by atoms with Crippen LogP contribution in [0.15, 0.2) is 24.3 Å². The van der Waals surface area contributed by atoms with Gasteiger partial charge in [0.15, 0.2) is 8.24 Å². The van der Waals surface area contributed by atoms with Crippen LogP contribution >= 0.6 is 0 Å². The van der Waals surface area contributed by atoms with Crippen LogP contribution in [-0.2, 0) is 9.31 Å². The second-order valence-electron chi connectivity index (χ2n) is 10.7. The lowest BCUT2D eigenvalue weighted by Crippen LogP contribution is -2.52. The molecule has 1 fully saturated rings. The molecule has 1 aromatic heterocycles. The van der Waals surface area contributed by atoms with Crippen molar-refractivity contribution in [2.75, 3.05) is 0 Å². The topological polar surface area (TPSA) is 47.2 Å². The second kappa shape index (κ2) is 7.55. The fourth-order valence-corrected chi connectivity index (χ4v) is 12.4. The van der Waals surface area contributed by atoms with Crippen molar-refractivity contribution in [2.45, 2.75) is 97.1 Å². The lowest BCUT2D eigenvalue weighted by molar-refractivity contribution is 0.00578. The van der Waals surface area contributed by atoms with Gasteiger partial charge in [0.2, 0.25) is 0 Å². The van der Waals surface area contributed by atoms with E-state index in [4.69, 9.17) is 9.31 Å². The van der Waals surface area contributed by atoms with Crippen molar-refractivity contribution in [1.29, 1.82) is 5.26 Å².